The Labute approximate surface area is 205 Å². The smallest absolute Gasteiger partial charge is 0.342 e. The molecule has 0 atom stereocenters. The molecule has 2 N–H and O–H groups in total. The first-order valence-electron chi connectivity index (χ1n) is 11.5. The second-order valence-electron chi connectivity index (χ2n) is 8.26. The van der Waals surface area contributed by atoms with Gasteiger partial charge >= 0.3 is 5.97 Å². The van der Waals surface area contributed by atoms with E-state index in [1.807, 2.05) is 74.6 Å². The molecule has 0 bridgehead atoms. The van der Waals surface area contributed by atoms with Crippen molar-refractivity contribution in [3.05, 3.63) is 90.4 Å². The maximum atomic E-state index is 12.7. The van der Waals surface area contributed by atoms with Crippen molar-refractivity contribution in [1.29, 1.82) is 0 Å². The molecule has 0 unspecified atom stereocenters. The zero-order valence-corrected chi connectivity index (χ0v) is 20.1. The van der Waals surface area contributed by atoms with Crippen LogP contribution in [0.25, 0.3) is 16.9 Å². The van der Waals surface area contributed by atoms with Gasteiger partial charge in [0.1, 0.15) is 23.7 Å². The molecule has 0 fully saturated rings. The highest BCUT2D eigenvalue weighted by molar-refractivity contribution is 5.93. The Hall–Kier alpha value is -4.26. The highest BCUT2D eigenvalue weighted by atomic mass is 16.5. The number of nitrogens with two attached hydrogens (primary N) is 1. The van der Waals surface area contributed by atoms with Crippen molar-refractivity contribution < 1.29 is 19.0 Å². The number of anilines is 1. The summed E-state index contributed by atoms with van der Waals surface area (Å²) >= 11 is 0. The number of nitrogens with zero attached hydrogens (tertiary/aromatic N) is 2. The van der Waals surface area contributed by atoms with E-state index in [1.165, 1.54) is 0 Å². The lowest BCUT2D eigenvalue weighted by Crippen LogP contribution is -2.10. The van der Waals surface area contributed by atoms with Crippen LogP contribution in [0.15, 0.2) is 79.3 Å². The van der Waals surface area contributed by atoms with Crippen LogP contribution in [-0.2, 0) is 11.3 Å². The number of benzene rings is 2. The molecule has 2 heterocycles. The van der Waals surface area contributed by atoms with E-state index in [4.69, 9.17) is 19.9 Å². The summed E-state index contributed by atoms with van der Waals surface area (Å²) in [7, 11) is 0. The zero-order valence-electron chi connectivity index (χ0n) is 20.1. The topological polar surface area (TPSA) is 88.6 Å². The van der Waals surface area contributed by atoms with Gasteiger partial charge in [-0.1, -0.05) is 42.5 Å². The van der Waals surface area contributed by atoms with Gasteiger partial charge in [-0.2, -0.15) is 0 Å². The molecule has 0 aliphatic heterocycles. The molecular weight excluding hydrogens is 442 g/mol. The van der Waals surface area contributed by atoms with Gasteiger partial charge in [-0.25, -0.2) is 9.78 Å². The molecule has 0 aliphatic rings. The summed E-state index contributed by atoms with van der Waals surface area (Å²) < 4.78 is 18.7. The van der Waals surface area contributed by atoms with Gasteiger partial charge in [-0.05, 0) is 50.1 Å². The lowest BCUT2D eigenvalue weighted by Gasteiger charge is -2.12. The Balaban J connectivity index is 1.62. The van der Waals surface area contributed by atoms with Crippen LogP contribution in [0, 0.1) is 0 Å². The van der Waals surface area contributed by atoms with Gasteiger partial charge in [-0.15, -0.1) is 0 Å². The molecule has 0 radical (unpaired) electrons. The van der Waals surface area contributed by atoms with Gasteiger partial charge in [-0.3, -0.25) is 0 Å². The van der Waals surface area contributed by atoms with Crippen LogP contribution >= 0.6 is 0 Å². The van der Waals surface area contributed by atoms with E-state index in [2.05, 4.69) is 4.98 Å². The fourth-order valence-electron chi connectivity index (χ4n) is 3.62. The first-order chi connectivity index (χ1) is 16.9. The molecule has 35 heavy (non-hydrogen) atoms. The number of hydrogen-bond acceptors (Lipinski definition) is 6. The Morgan fingerprint density at radius 1 is 1.06 bits per heavy atom. The molecule has 180 valence electrons. The fraction of sp³-hybridized carbons (Fsp3) is 0.214. The van der Waals surface area contributed by atoms with Gasteiger partial charge in [0.05, 0.1) is 24.6 Å². The first kappa shape index (κ1) is 23.9. The summed E-state index contributed by atoms with van der Waals surface area (Å²) in [5, 5.41) is 0. The molecule has 0 saturated heterocycles. The quantitative estimate of drug-likeness (QED) is 0.317. The maximum absolute atomic E-state index is 12.7. The molecule has 2 aromatic heterocycles. The predicted octanol–water partition coefficient (Wildman–Crippen LogP) is 5.66. The first-order valence-corrected chi connectivity index (χ1v) is 11.5. The van der Waals surface area contributed by atoms with Gasteiger partial charge < -0.3 is 24.5 Å². The van der Waals surface area contributed by atoms with Gasteiger partial charge in [0.2, 0.25) is 0 Å². The molecule has 0 amide bonds. The third-order valence-electron chi connectivity index (χ3n) is 5.24. The standard InChI is InChI=1S/C28H29N3O4/c1-4-33-28(32)23-14-27(30-15-26(23)34-18-20-8-6-5-7-9-20)31-16-24(25(29)17-31)21-10-12-22(13-11-21)35-19(2)3/h5-17,19H,4,18,29H2,1-3H3. The average molecular weight is 472 g/mol. The Morgan fingerprint density at radius 3 is 2.49 bits per heavy atom. The molecule has 7 heteroatoms. The van der Waals surface area contributed by atoms with Gasteiger partial charge in [0, 0.05) is 18.0 Å². The van der Waals surface area contributed by atoms with E-state index in [0.717, 1.165) is 22.4 Å². The minimum atomic E-state index is -0.472. The number of nitrogen functional groups attached to an aromatic ring is 1. The van der Waals surface area contributed by atoms with Crippen molar-refractivity contribution in [2.45, 2.75) is 33.5 Å². The molecule has 4 rings (SSSR count). The SMILES string of the molecule is CCOC(=O)c1cc(-n2cc(N)c(-c3ccc(OC(C)C)cc3)c2)ncc1OCc1ccccc1. The molecule has 0 spiro atoms. The average Bonchev–Trinajstić information content (AvgIpc) is 3.25. The van der Waals surface area contributed by atoms with Crippen LogP contribution < -0.4 is 15.2 Å². The van der Waals surface area contributed by atoms with Crippen molar-refractivity contribution in [2.75, 3.05) is 12.3 Å². The molecule has 4 aromatic rings. The number of rotatable bonds is 9. The fourth-order valence-corrected chi connectivity index (χ4v) is 3.62. The molecule has 2 aromatic carbocycles. The third-order valence-corrected chi connectivity index (χ3v) is 5.24. The van der Waals surface area contributed by atoms with E-state index in [1.54, 1.807) is 30.0 Å². The van der Waals surface area contributed by atoms with Gasteiger partial charge in [0.15, 0.2) is 5.75 Å². The van der Waals surface area contributed by atoms with Crippen LogP contribution in [-0.4, -0.2) is 28.2 Å². The van der Waals surface area contributed by atoms with E-state index in [0.29, 0.717) is 29.4 Å². The summed E-state index contributed by atoms with van der Waals surface area (Å²) in [6.07, 6.45) is 5.30. The predicted molar refractivity (Wildman–Crippen MR) is 136 cm³/mol. The zero-order chi connectivity index (χ0) is 24.8. The minimum Gasteiger partial charge on any atom is -0.491 e. The largest absolute Gasteiger partial charge is 0.491 e. The summed E-state index contributed by atoms with van der Waals surface area (Å²) in [5.74, 6) is 1.21. The number of hydrogen-bond donors (Lipinski definition) is 1. The summed E-state index contributed by atoms with van der Waals surface area (Å²) in [6.45, 7) is 6.31. The van der Waals surface area contributed by atoms with Crippen LogP contribution in [0.2, 0.25) is 0 Å². The van der Waals surface area contributed by atoms with Gasteiger partial charge in [0.25, 0.3) is 0 Å². The van der Waals surface area contributed by atoms with E-state index in [9.17, 15) is 4.79 Å². The van der Waals surface area contributed by atoms with Crippen molar-refractivity contribution in [1.82, 2.24) is 9.55 Å². The molecule has 0 aliphatic carbocycles. The normalized spacial score (nSPS) is 10.9. The van der Waals surface area contributed by atoms with Crippen molar-refractivity contribution >= 4 is 11.7 Å². The molecular formula is C28H29N3O4. The number of ether oxygens (including phenoxy) is 3. The number of pyridine rings is 1. The van der Waals surface area contributed by atoms with Crippen LogP contribution in [0.3, 0.4) is 0 Å². The summed E-state index contributed by atoms with van der Waals surface area (Å²) in [6, 6.07) is 19.1. The number of carbonyl (C=O) groups is 1. The number of carbonyl (C=O) groups excluding carboxylic acids is 1. The summed E-state index contributed by atoms with van der Waals surface area (Å²) in [4.78, 5) is 17.2. The van der Waals surface area contributed by atoms with Crippen LogP contribution in [0.1, 0.15) is 36.7 Å². The van der Waals surface area contributed by atoms with E-state index >= 15 is 0 Å². The van der Waals surface area contributed by atoms with Crippen LogP contribution in [0.4, 0.5) is 5.69 Å². The molecule has 0 saturated carbocycles. The second kappa shape index (κ2) is 10.8. The maximum Gasteiger partial charge on any atom is 0.342 e. The highest BCUT2D eigenvalue weighted by Crippen LogP contribution is 2.31. The lowest BCUT2D eigenvalue weighted by atomic mass is 10.1. The number of aromatic nitrogens is 2. The Morgan fingerprint density at radius 2 is 1.80 bits per heavy atom. The van der Waals surface area contributed by atoms with Crippen molar-refractivity contribution in [3.63, 3.8) is 0 Å². The molecule has 7 nitrogen and oxygen atoms in total. The third kappa shape index (κ3) is 5.81. The Bertz CT molecular complexity index is 1280. The van der Waals surface area contributed by atoms with Crippen LogP contribution in [0.5, 0.6) is 11.5 Å². The second-order valence-corrected chi connectivity index (χ2v) is 8.26. The monoisotopic (exact) mass is 471 g/mol. The summed E-state index contributed by atoms with van der Waals surface area (Å²) in [5.41, 5.74) is 10.00. The van der Waals surface area contributed by atoms with E-state index in [-0.39, 0.29) is 12.7 Å². The highest BCUT2D eigenvalue weighted by Gasteiger charge is 2.18. The number of esters is 1. The lowest BCUT2D eigenvalue weighted by molar-refractivity contribution is 0.0521. The minimum absolute atomic E-state index is 0.103. The van der Waals surface area contributed by atoms with E-state index < -0.39 is 5.97 Å². The van der Waals surface area contributed by atoms with Crippen molar-refractivity contribution in [2.24, 2.45) is 0 Å². The Kier molecular flexibility index (Phi) is 7.35. The van der Waals surface area contributed by atoms with Crippen molar-refractivity contribution in [3.8, 4) is 28.4 Å².